The highest BCUT2D eigenvalue weighted by Crippen LogP contribution is 2.29. The first kappa shape index (κ1) is 21.6. The number of rotatable bonds is 3. The molecule has 1 aromatic rings. The van der Waals surface area contributed by atoms with Gasteiger partial charge in [-0.05, 0) is 37.5 Å². The summed E-state index contributed by atoms with van der Waals surface area (Å²) >= 11 is 0. The van der Waals surface area contributed by atoms with E-state index in [2.05, 4.69) is 5.32 Å². The molecule has 4 rings (SSSR count). The molecule has 0 aromatic heterocycles. The molecular formula is C23H31FN4O3. The minimum atomic E-state index is -0.476. The third-order valence-corrected chi connectivity index (χ3v) is 6.68. The Morgan fingerprint density at radius 3 is 2.39 bits per heavy atom. The predicted molar refractivity (Wildman–Crippen MR) is 115 cm³/mol. The number of benzene rings is 1. The third-order valence-electron chi connectivity index (χ3n) is 6.68. The second kappa shape index (κ2) is 9.24. The van der Waals surface area contributed by atoms with Gasteiger partial charge in [-0.15, -0.1) is 0 Å². The molecule has 31 heavy (non-hydrogen) atoms. The highest BCUT2D eigenvalue weighted by atomic mass is 19.1. The number of carbonyl (C=O) groups excluding carboxylic acids is 3. The van der Waals surface area contributed by atoms with E-state index in [1.165, 1.54) is 17.4 Å². The van der Waals surface area contributed by atoms with Crippen LogP contribution < -0.4 is 10.2 Å². The lowest BCUT2D eigenvalue weighted by Crippen LogP contribution is -2.55. The van der Waals surface area contributed by atoms with Crippen LogP contribution in [0.15, 0.2) is 18.2 Å². The van der Waals surface area contributed by atoms with Gasteiger partial charge in [0.15, 0.2) is 0 Å². The minimum absolute atomic E-state index is 0.0453. The largest absolute Gasteiger partial charge is 0.339 e. The Labute approximate surface area is 182 Å². The molecule has 0 spiro atoms. The Morgan fingerprint density at radius 2 is 1.71 bits per heavy atom. The van der Waals surface area contributed by atoms with Crippen molar-refractivity contribution in [2.45, 2.75) is 51.5 Å². The van der Waals surface area contributed by atoms with Crippen LogP contribution >= 0.6 is 0 Å². The summed E-state index contributed by atoms with van der Waals surface area (Å²) in [4.78, 5) is 42.9. The van der Waals surface area contributed by atoms with Gasteiger partial charge in [0.25, 0.3) is 0 Å². The van der Waals surface area contributed by atoms with E-state index in [0.717, 1.165) is 31.2 Å². The van der Waals surface area contributed by atoms with Crippen LogP contribution in [0.25, 0.3) is 0 Å². The fourth-order valence-electron chi connectivity index (χ4n) is 4.84. The fraction of sp³-hybridized carbons (Fsp3) is 0.609. The summed E-state index contributed by atoms with van der Waals surface area (Å²) in [7, 11) is 0. The molecule has 3 aliphatic rings. The number of piperazine rings is 1. The van der Waals surface area contributed by atoms with Crippen LogP contribution in [0.2, 0.25) is 0 Å². The van der Waals surface area contributed by atoms with E-state index in [1.807, 2.05) is 0 Å². The van der Waals surface area contributed by atoms with Gasteiger partial charge in [-0.25, -0.2) is 9.18 Å². The molecule has 2 aliphatic heterocycles. The van der Waals surface area contributed by atoms with E-state index in [4.69, 9.17) is 0 Å². The van der Waals surface area contributed by atoms with Crippen LogP contribution in [0, 0.1) is 18.7 Å². The zero-order valence-electron chi connectivity index (χ0n) is 18.1. The van der Waals surface area contributed by atoms with Gasteiger partial charge in [0.1, 0.15) is 5.82 Å². The number of hydrogen-bond donors (Lipinski definition) is 1. The van der Waals surface area contributed by atoms with Crippen LogP contribution in [0.1, 0.15) is 44.1 Å². The number of hydrogen-bond acceptors (Lipinski definition) is 3. The molecule has 168 valence electrons. The summed E-state index contributed by atoms with van der Waals surface area (Å²) in [6.07, 6.45) is 5.74. The van der Waals surface area contributed by atoms with Gasteiger partial charge in [-0.3, -0.25) is 9.59 Å². The summed E-state index contributed by atoms with van der Waals surface area (Å²) in [6.45, 7) is 3.88. The molecule has 1 atom stereocenters. The number of carbonyl (C=O) groups is 3. The maximum Gasteiger partial charge on any atom is 0.317 e. The quantitative estimate of drug-likeness (QED) is 0.801. The molecule has 2 heterocycles. The second-order valence-electron chi connectivity index (χ2n) is 8.96. The van der Waals surface area contributed by atoms with Crippen molar-refractivity contribution in [2.24, 2.45) is 5.92 Å². The van der Waals surface area contributed by atoms with Crippen molar-refractivity contribution >= 4 is 23.5 Å². The van der Waals surface area contributed by atoms with Crippen LogP contribution in [-0.4, -0.2) is 66.4 Å². The molecular weight excluding hydrogens is 399 g/mol. The Kier molecular flexibility index (Phi) is 6.43. The summed E-state index contributed by atoms with van der Waals surface area (Å²) in [5.41, 5.74) is 1.01. The molecule has 4 amide bonds. The topological polar surface area (TPSA) is 73.0 Å². The van der Waals surface area contributed by atoms with Gasteiger partial charge in [-0.2, -0.15) is 0 Å². The molecule has 1 aromatic carbocycles. The van der Waals surface area contributed by atoms with E-state index >= 15 is 0 Å². The van der Waals surface area contributed by atoms with E-state index in [9.17, 15) is 18.8 Å². The lowest BCUT2D eigenvalue weighted by molar-refractivity contribution is -0.137. The third kappa shape index (κ3) is 4.83. The highest BCUT2D eigenvalue weighted by molar-refractivity contribution is 6.00. The Morgan fingerprint density at radius 1 is 1.03 bits per heavy atom. The minimum Gasteiger partial charge on any atom is -0.339 e. The Hall–Kier alpha value is -2.64. The van der Waals surface area contributed by atoms with E-state index in [0.29, 0.717) is 26.2 Å². The van der Waals surface area contributed by atoms with Crippen molar-refractivity contribution in [3.63, 3.8) is 0 Å². The Balaban J connectivity index is 1.29. The molecule has 1 N–H and O–H groups in total. The molecule has 1 saturated carbocycles. The van der Waals surface area contributed by atoms with Crippen molar-refractivity contribution in [1.29, 1.82) is 0 Å². The molecule has 1 unspecified atom stereocenters. The summed E-state index contributed by atoms with van der Waals surface area (Å²) < 4.78 is 14.3. The first-order chi connectivity index (χ1) is 14.9. The van der Waals surface area contributed by atoms with E-state index in [-0.39, 0.29) is 42.5 Å². The normalized spacial score (nSPS) is 22.7. The number of halogens is 1. The number of nitrogens with zero attached hydrogens (tertiary/aromatic N) is 3. The second-order valence-corrected chi connectivity index (χ2v) is 8.96. The maximum atomic E-state index is 14.3. The average molecular weight is 431 g/mol. The zero-order valence-corrected chi connectivity index (χ0v) is 18.1. The van der Waals surface area contributed by atoms with Crippen molar-refractivity contribution in [2.75, 3.05) is 37.6 Å². The van der Waals surface area contributed by atoms with Crippen LogP contribution in [0.4, 0.5) is 14.9 Å². The maximum absolute atomic E-state index is 14.3. The van der Waals surface area contributed by atoms with Crippen LogP contribution in [0.3, 0.4) is 0 Å². The van der Waals surface area contributed by atoms with Gasteiger partial charge in [0.05, 0.1) is 11.6 Å². The van der Waals surface area contributed by atoms with Gasteiger partial charge in [0, 0.05) is 45.2 Å². The SMILES string of the molecule is Cc1ccc(N2CC(C(=O)N3CCN(C(=O)NC4CCCCC4)CC3)CC2=O)c(F)c1. The number of amides is 4. The van der Waals surface area contributed by atoms with Crippen LogP contribution in [0.5, 0.6) is 0 Å². The lowest BCUT2D eigenvalue weighted by Gasteiger charge is -2.37. The highest BCUT2D eigenvalue weighted by Gasteiger charge is 2.39. The van der Waals surface area contributed by atoms with Crippen molar-refractivity contribution in [3.8, 4) is 0 Å². The van der Waals surface area contributed by atoms with Gasteiger partial charge in [0.2, 0.25) is 11.8 Å². The number of nitrogens with one attached hydrogen (secondary N) is 1. The molecule has 3 fully saturated rings. The van der Waals surface area contributed by atoms with Gasteiger partial charge < -0.3 is 20.0 Å². The molecule has 8 heteroatoms. The molecule has 7 nitrogen and oxygen atoms in total. The van der Waals surface area contributed by atoms with Gasteiger partial charge in [-0.1, -0.05) is 25.3 Å². The standard InChI is InChI=1S/C23H31FN4O3/c1-16-7-8-20(19(24)13-16)28-15-17(14-21(28)29)22(30)26-9-11-27(12-10-26)23(31)25-18-5-3-2-4-6-18/h7-8,13,17-18H,2-6,9-12,14-15H2,1H3,(H,25,31). The Bertz CT molecular complexity index is 847. The molecule has 2 saturated heterocycles. The number of aryl methyl sites for hydroxylation is 1. The van der Waals surface area contributed by atoms with Crippen LogP contribution in [-0.2, 0) is 9.59 Å². The molecule has 0 bridgehead atoms. The first-order valence-electron chi connectivity index (χ1n) is 11.3. The lowest BCUT2D eigenvalue weighted by atomic mass is 9.96. The van der Waals surface area contributed by atoms with E-state index < -0.39 is 11.7 Å². The molecule has 0 radical (unpaired) electrons. The fourth-order valence-corrected chi connectivity index (χ4v) is 4.84. The first-order valence-corrected chi connectivity index (χ1v) is 11.3. The number of urea groups is 1. The van der Waals surface area contributed by atoms with Crippen molar-refractivity contribution < 1.29 is 18.8 Å². The van der Waals surface area contributed by atoms with Crippen molar-refractivity contribution in [3.05, 3.63) is 29.6 Å². The van der Waals surface area contributed by atoms with Crippen molar-refractivity contribution in [1.82, 2.24) is 15.1 Å². The number of anilines is 1. The monoisotopic (exact) mass is 430 g/mol. The average Bonchev–Trinajstić information content (AvgIpc) is 3.15. The predicted octanol–water partition coefficient (Wildman–Crippen LogP) is 2.67. The summed E-state index contributed by atoms with van der Waals surface area (Å²) in [6, 6.07) is 4.97. The summed E-state index contributed by atoms with van der Waals surface area (Å²) in [5, 5.41) is 3.12. The summed E-state index contributed by atoms with van der Waals surface area (Å²) in [5.74, 6) is -1.24. The van der Waals surface area contributed by atoms with Gasteiger partial charge >= 0.3 is 6.03 Å². The zero-order chi connectivity index (χ0) is 22.0. The molecule has 1 aliphatic carbocycles. The van der Waals surface area contributed by atoms with E-state index in [1.54, 1.807) is 28.9 Å². The smallest absolute Gasteiger partial charge is 0.317 e.